The Labute approximate surface area is 93.5 Å². The standard InChI is InChI=1S/C14H12O2/c15-14(16)13-7-11-5-9-3-1-2-4-10(9)6-12(11)8-13/h1-6,13H,7-8H2,(H,15,16). The predicted octanol–water partition coefficient (Wildman–Crippen LogP) is 2.64. The Bertz CT molecular complexity index is 527. The molecule has 0 unspecified atom stereocenters. The van der Waals surface area contributed by atoms with Crippen LogP contribution in [0.15, 0.2) is 36.4 Å². The highest BCUT2D eigenvalue weighted by Gasteiger charge is 2.27. The van der Waals surface area contributed by atoms with Gasteiger partial charge in [-0.1, -0.05) is 36.4 Å². The van der Waals surface area contributed by atoms with E-state index in [-0.39, 0.29) is 5.92 Å². The number of carbonyl (C=O) groups is 1. The zero-order valence-corrected chi connectivity index (χ0v) is 8.81. The molecule has 2 heteroatoms. The molecule has 0 fully saturated rings. The lowest BCUT2D eigenvalue weighted by Crippen LogP contribution is -2.12. The minimum absolute atomic E-state index is 0.230. The third-order valence-electron chi connectivity index (χ3n) is 3.35. The Balaban J connectivity index is 2.11. The molecule has 0 aromatic heterocycles. The Kier molecular flexibility index (Phi) is 1.96. The van der Waals surface area contributed by atoms with Crippen LogP contribution in [-0.4, -0.2) is 11.1 Å². The summed E-state index contributed by atoms with van der Waals surface area (Å²) in [5, 5.41) is 11.4. The van der Waals surface area contributed by atoms with Gasteiger partial charge in [0.05, 0.1) is 5.92 Å². The van der Waals surface area contributed by atoms with Crippen molar-refractivity contribution in [2.75, 3.05) is 0 Å². The van der Waals surface area contributed by atoms with Crippen molar-refractivity contribution in [3.63, 3.8) is 0 Å². The van der Waals surface area contributed by atoms with Gasteiger partial charge in [0.2, 0.25) is 0 Å². The number of benzene rings is 2. The Morgan fingerprint density at radius 1 is 1.06 bits per heavy atom. The fourth-order valence-electron chi connectivity index (χ4n) is 2.49. The molecule has 0 aliphatic heterocycles. The van der Waals surface area contributed by atoms with Crippen LogP contribution in [0.5, 0.6) is 0 Å². The highest BCUT2D eigenvalue weighted by atomic mass is 16.4. The average molecular weight is 212 g/mol. The highest BCUT2D eigenvalue weighted by Crippen LogP contribution is 2.30. The third kappa shape index (κ3) is 1.38. The van der Waals surface area contributed by atoms with Crippen molar-refractivity contribution in [2.24, 2.45) is 5.92 Å². The molecule has 1 aliphatic carbocycles. The largest absolute Gasteiger partial charge is 0.481 e. The molecule has 0 saturated heterocycles. The Morgan fingerprint density at radius 3 is 2.00 bits per heavy atom. The summed E-state index contributed by atoms with van der Waals surface area (Å²) in [5.41, 5.74) is 2.40. The van der Waals surface area contributed by atoms with E-state index in [2.05, 4.69) is 24.3 Å². The topological polar surface area (TPSA) is 37.3 Å². The molecule has 1 N–H and O–H groups in total. The van der Waals surface area contributed by atoms with E-state index in [9.17, 15) is 4.79 Å². The van der Waals surface area contributed by atoms with E-state index in [0.29, 0.717) is 12.8 Å². The molecule has 0 radical (unpaired) electrons. The molecule has 0 amide bonds. The summed E-state index contributed by atoms with van der Waals surface area (Å²) >= 11 is 0. The van der Waals surface area contributed by atoms with Gasteiger partial charge in [0.1, 0.15) is 0 Å². The van der Waals surface area contributed by atoms with Crippen molar-refractivity contribution in [2.45, 2.75) is 12.8 Å². The zero-order chi connectivity index (χ0) is 11.1. The number of hydrogen-bond acceptors (Lipinski definition) is 1. The first-order chi connectivity index (χ1) is 7.74. The molecular weight excluding hydrogens is 200 g/mol. The lowest BCUT2D eigenvalue weighted by molar-refractivity contribution is -0.141. The van der Waals surface area contributed by atoms with Crippen LogP contribution in [0.2, 0.25) is 0 Å². The van der Waals surface area contributed by atoms with E-state index < -0.39 is 5.97 Å². The molecule has 3 rings (SSSR count). The van der Waals surface area contributed by atoms with Gasteiger partial charge in [-0.25, -0.2) is 0 Å². The molecule has 80 valence electrons. The summed E-state index contributed by atoms with van der Waals surface area (Å²) in [6.07, 6.45) is 1.35. The maximum atomic E-state index is 11.0. The van der Waals surface area contributed by atoms with Crippen LogP contribution in [0, 0.1) is 5.92 Å². The van der Waals surface area contributed by atoms with Gasteiger partial charge in [-0.2, -0.15) is 0 Å². The highest BCUT2D eigenvalue weighted by molar-refractivity contribution is 5.85. The van der Waals surface area contributed by atoms with Crippen LogP contribution in [0.4, 0.5) is 0 Å². The van der Waals surface area contributed by atoms with Crippen molar-refractivity contribution in [1.29, 1.82) is 0 Å². The fraction of sp³-hybridized carbons (Fsp3) is 0.214. The first-order valence-electron chi connectivity index (χ1n) is 5.47. The number of aliphatic carboxylic acids is 1. The van der Waals surface area contributed by atoms with Crippen LogP contribution < -0.4 is 0 Å². The Morgan fingerprint density at radius 2 is 1.56 bits per heavy atom. The summed E-state index contributed by atoms with van der Waals surface area (Å²) in [7, 11) is 0. The number of hydrogen-bond donors (Lipinski definition) is 1. The molecule has 1 aliphatic rings. The van der Waals surface area contributed by atoms with Gasteiger partial charge in [0.15, 0.2) is 0 Å². The van der Waals surface area contributed by atoms with Crippen molar-refractivity contribution in [3.05, 3.63) is 47.5 Å². The SMILES string of the molecule is O=C(O)C1Cc2cc3ccccc3cc2C1. The maximum absolute atomic E-state index is 11.0. The predicted molar refractivity (Wildman–Crippen MR) is 62.5 cm³/mol. The smallest absolute Gasteiger partial charge is 0.307 e. The average Bonchev–Trinajstić information content (AvgIpc) is 2.68. The summed E-state index contributed by atoms with van der Waals surface area (Å²) in [5.74, 6) is -0.910. The van der Waals surface area contributed by atoms with Crippen molar-refractivity contribution >= 4 is 16.7 Å². The molecule has 0 saturated carbocycles. The summed E-state index contributed by atoms with van der Waals surface area (Å²) in [4.78, 5) is 11.0. The Hall–Kier alpha value is -1.83. The lowest BCUT2D eigenvalue weighted by Gasteiger charge is -2.02. The van der Waals surface area contributed by atoms with E-state index in [1.54, 1.807) is 0 Å². The monoisotopic (exact) mass is 212 g/mol. The van der Waals surface area contributed by atoms with E-state index in [1.165, 1.54) is 21.9 Å². The first kappa shape index (κ1) is 9.40. The van der Waals surface area contributed by atoms with Crippen LogP contribution in [0.3, 0.4) is 0 Å². The van der Waals surface area contributed by atoms with Crippen LogP contribution >= 0.6 is 0 Å². The van der Waals surface area contributed by atoms with Crippen molar-refractivity contribution < 1.29 is 9.90 Å². The van der Waals surface area contributed by atoms with Crippen LogP contribution in [-0.2, 0) is 17.6 Å². The summed E-state index contributed by atoms with van der Waals surface area (Å²) < 4.78 is 0. The van der Waals surface area contributed by atoms with E-state index in [4.69, 9.17) is 5.11 Å². The second-order valence-corrected chi connectivity index (χ2v) is 4.41. The molecule has 0 bridgehead atoms. The molecule has 2 aromatic rings. The number of rotatable bonds is 1. The minimum atomic E-state index is -0.680. The van der Waals surface area contributed by atoms with Gasteiger partial charge in [-0.05, 0) is 34.7 Å². The maximum Gasteiger partial charge on any atom is 0.307 e. The third-order valence-corrected chi connectivity index (χ3v) is 3.35. The molecule has 2 aromatic carbocycles. The second-order valence-electron chi connectivity index (χ2n) is 4.41. The molecule has 2 nitrogen and oxygen atoms in total. The molecule has 0 atom stereocenters. The van der Waals surface area contributed by atoms with Crippen molar-refractivity contribution in [3.8, 4) is 0 Å². The van der Waals surface area contributed by atoms with Gasteiger partial charge in [0.25, 0.3) is 0 Å². The molecule has 0 spiro atoms. The van der Waals surface area contributed by atoms with Crippen LogP contribution in [0.1, 0.15) is 11.1 Å². The van der Waals surface area contributed by atoms with Gasteiger partial charge in [-0.3, -0.25) is 4.79 Å². The molecule has 16 heavy (non-hydrogen) atoms. The van der Waals surface area contributed by atoms with Gasteiger partial charge in [-0.15, -0.1) is 0 Å². The molecular formula is C14H12O2. The van der Waals surface area contributed by atoms with E-state index >= 15 is 0 Å². The van der Waals surface area contributed by atoms with Crippen molar-refractivity contribution in [1.82, 2.24) is 0 Å². The zero-order valence-electron chi connectivity index (χ0n) is 8.81. The van der Waals surface area contributed by atoms with Gasteiger partial charge < -0.3 is 5.11 Å². The number of fused-ring (bicyclic) bond motifs is 2. The minimum Gasteiger partial charge on any atom is -0.481 e. The van der Waals surface area contributed by atoms with E-state index in [0.717, 1.165) is 0 Å². The fourth-order valence-corrected chi connectivity index (χ4v) is 2.49. The van der Waals surface area contributed by atoms with Crippen LogP contribution in [0.25, 0.3) is 10.8 Å². The number of carboxylic acid groups (broad SMARTS) is 1. The molecule has 0 heterocycles. The summed E-state index contributed by atoms with van der Waals surface area (Å²) in [6.45, 7) is 0. The lowest BCUT2D eigenvalue weighted by atomic mass is 10.0. The van der Waals surface area contributed by atoms with E-state index in [1.807, 2.05) is 12.1 Å². The van der Waals surface area contributed by atoms with Gasteiger partial charge in [0, 0.05) is 0 Å². The normalized spacial score (nSPS) is 15.2. The second kappa shape index (κ2) is 3.34. The quantitative estimate of drug-likeness (QED) is 0.789. The first-order valence-corrected chi connectivity index (χ1v) is 5.47. The number of carboxylic acids is 1. The van der Waals surface area contributed by atoms with Gasteiger partial charge >= 0.3 is 5.97 Å². The summed E-state index contributed by atoms with van der Waals surface area (Å²) in [6, 6.07) is 12.4.